The molecule has 0 radical (unpaired) electrons. The summed E-state index contributed by atoms with van der Waals surface area (Å²) >= 11 is 0. The number of epoxide rings is 2. The summed E-state index contributed by atoms with van der Waals surface area (Å²) in [5.74, 6) is -1.15. The Labute approximate surface area is 76.8 Å². The number of carboxylic acids is 1. The van der Waals surface area contributed by atoms with Crippen molar-refractivity contribution in [3.05, 3.63) is 0 Å². The third kappa shape index (κ3) is 1.84. The van der Waals surface area contributed by atoms with Crippen LogP contribution in [-0.4, -0.2) is 35.5 Å². The molecule has 0 aromatic rings. The molecule has 5 unspecified atom stereocenters. The lowest BCUT2D eigenvalue weighted by atomic mass is 9.97. The van der Waals surface area contributed by atoms with Crippen molar-refractivity contribution >= 4 is 5.97 Å². The van der Waals surface area contributed by atoms with Gasteiger partial charge in [0.2, 0.25) is 0 Å². The maximum Gasteiger partial charge on any atom is 0.309 e. The molecule has 0 bridgehead atoms. The Morgan fingerprint density at radius 3 is 2.23 bits per heavy atom. The van der Waals surface area contributed by atoms with Gasteiger partial charge in [-0.3, -0.25) is 4.79 Å². The zero-order valence-corrected chi connectivity index (χ0v) is 7.77. The van der Waals surface area contributed by atoms with Crippen molar-refractivity contribution in [2.24, 2.45) is 5.92 Å². The first-order valence-corrected chi connectivity index (χ1v) is 4.63. The van der Waals surface area contributed by atoms with Crippen LogP contribution in [0, 0.1) is 5.92 Å². The van der Waals surface area contributed by atoms with E-state index in [1.165, 1.54) is 0 Å². The van der Waals surface area contributed by atoms with Crippen LogP contribution in [0.25, 0.3) is 0 Å². The van der Waals surface area contributed by atoms with E-state index < -0.39 is 5.97 Å². The molecule has 0 aliphatic carbocycles. The van der Waals surface area contributed by atoms with Crippen LogP contribution in [0.2, 0.25) is 0 Å². The largest absolute Gasteiger partial charge is 0.481 e. The molecule has 4 nitrogen and oxygen atoms in total. The fraction of sp³-hybridized carbons (Fsp3) is 0.889. The second-order valence-electron chi connectivity index (χ2n) is 3.87. The van der Waals surface area contributed by atoms with Gasteiger partial charge in [-0.2, -0.15) is 0 Å². The minimum Gasteiger partial charge on any atom is -0.481 e. The van der Waals surface area contributed by atoms with Crippen molar-refractivity contribution < 1.29 is 19.4 Å². The molecule has 2 heterocycles. The second kappa shape index (κ2) is 2.96. The zero-order valence-electron chi connectivity index (χ0n) is 7.77. The van der Waals surface area contributed by atoms with Gasteiger partial charge >= 0.3 is 5.97 Å². The SMILES string of the molecule is CC1OC1CC(C(=O)O)C1OC1C. The average molecular weight is 186 g/mol. The van der Waals surface area contributed by atoms with Crippen LogP contribution in [-0.2, 0) is 14.3 Å². The van der Waals surface area contributed by atoms with Crippen LogP contribution in [0.15, 0.2) is 0 Å². The summed E-state index contributed by atoms with van der Waals surface area (Å²) in [4.78, 5) is 10.9. The average Bonchev–Trinajstić information content (AvgIpc) is 2.88. The molecule has 13 heavy (non-hydrogen) atoms. The number of aliphatic carboxylic acids is 1. The highest BCUT2D eigenvalue weighted by molar-refractivity contribution is 5.71. The lowest BCUT2D eigenvalue weighted by Gasteiger charge is -2.06. The first kappa shape index (κ1) is 8.97. The molecular weight excluding hydrogens is 172 g/mol. The van der Waals surface area contributed by atoms with Gasteiger partial charge in [0.05, 0.1) is 30.3 Å². The Morgan fingerprint density at radius 1 is 1.38 bits per heavy atom. The molecule has 74 valence electrons. The molecule has 2 aliphatic heterocycles. The van der Waals surface area contributed by atoms with Crippen LogP contribution in [0.3, 0.4) is 0 Å². The monoisotopic (exact) mass is 186 g/mol. The number of ether oxygens (including phenoxy) is 2. The highest BCUT2D eigenvalue weighted by Gasteiger charge is 2.49. The van der Waals surface area contributed by atoms with Crippen molar-refractivity contribution in [1.29, 1.82) is 0 Å². The summed E-state index contributed by atoms with van der Waals surface area (Å²) < 4.78 is 10.4. The first-order chi connectivity index (χ1) is 6.09. The van der Waals surface area contributed by atoms with Gasteiger partial charge in [0.25, 0.3) is 0 Å². The van der Waals surface area contributed by atoms with Gasteiger partial charge in [0.1, 0.15) is 0 Å². The van der Waals surface area contributed by atoms with Gasteiger partial charge in [-0.15, -0.1) is 0 Å². The van der Waals surface area contributed by atoms with Crippen LogP contribution >= 0.6 is 0 Å². The minimum absolute atomic E-state index is 0.0890. The summed E-state index contributed by atoms with van der Waals surface area (Å²) in [5, 5.41) is 8.93. The topological polar surface area (TPSA) is 62.4 Å². The van der Waals surface area contributed by atoms with Gasteiger partial charge in [0.15, 0.2) is 0 Å². The van der Waals surface area contributed by atoms with Crippen LogP contribution in [0.1, 0.15) is 20.3 Å². The summed E-state index contributed by atoms with van der Waals surface area (Å²) in [6.45, 7) is 3.86. The van der Waals surface area contributed by atoms with Crippen LogP contribution < -0.4 is 0 Å². The molecule has 0 amide bonds. The minimum atomic E-state index is -0.767. The lowest BCUT2D eigenvalue weighted by molar-refractivity contribution is -0.142. The smallest absolute Gasteiger partial charge is 0.309 e. The predicted octanol–water partition coefficient (Wildman–Crippen LogP) is 0.652. The number of carboxylic acid groups (broad SMARTS) is 1. The molecular formula is C9H14O4. The summed E-state index contributed by atoms with van der Waals surface area (Å²) in [6.07, 6.45) is 0.975. The Hall–Kier alpha value is -0.610. The highest BCUT2D eigenvalue weighted by Crippen LogP contribution is 2.36. The van der Waals surface area contributed by atoms with Gasteiger partial charge < -0.3 is 14.6 Å². The van der Waals surface area contributed by atoms with Crippen molar-refractivity contribution in [3.63, 3.8) is 0 Å². The number of hydrogen-bond acceptors (Lipinski definition) is 3. The van der Waals surface area contributed by atoms with Crippen molar-refractivity contribution in [2.45, 2.75) is 44.7 Å². The second-order valence-corrected chi connectivity index (χ2v) is 3.87. The van der Waals surface area contributed by atoms with Gasteiger partial charge in [-0.25, -0.2) is 0 Å². The Kier molecular flexibility index (Phi) is 2.04. The van der Waals surface area contributed by atoms with E-state index in [1.54, 1.807) is 0 Å². The predicted molar refractivity (Wildman–Crippen MR) is 44.4 cm³/mol. The molecule has 2 rings (SSSR count). The normalized spacial score (nSPS) is 44.2. The van der Waals surface area contributed by atoms with Gasteiger partial charge in [0, 0.05) is 0 Å². The highest BCUT2D eigenvalue weighted by atomic mass is 16.6. The third-order valence-corrected chi connectivity index (χ3v) is 2.79. The van der Waals surface area contributed by atoms with E-state index in [-0.39, 0.29) is 30.3 Å². The van der Waals surface area contributed by atoms with E-state index in [0.717, 1.165) is 0 Å². The fourth-order valence-corrected chi connectivity index (χ4v) is 1.73. The van der Waals surface area contributed by atoms with E-state index in [1.807, 2.05) is 13.8 Å². The Bertz CT molecular complexity index is 228. The molecule has 5 atom stereocenters. The molecule has 1 N–H and O–H groups in total. The number of hydrogen-bond donors (Lipinski definition) is 1. The molecule has 0 aromatic carbocycles. The zero-order chi connectivity index (χ0) is 9.59. The molecule has 2 saturated heterocycles. The van der Waals surface area contributed by atoms with E-state index in [0.29, 0.717) is 6.42 Å². The maximum atomic E-state index is 10.9. The first-order valence-electron chi connectivity index (χ1n) is 4.63. The van der Waals surface area contributed by atoms with Crippen LogP contribution in [0.4, 0.5) is 0 Å². The standard InChI is InChI=1S/C9H14O4/c1-4-7(12-4)3-6(9(10)11)8-5(2)13-8/h4-8H,3H2,1-2H3,(H,10,11). The maximum absolute atomic E-state index is 10.9. The van der Waals surface area contributed by atoms with E-state index >= 15 is 0 Å². The molecule has 2 fully saturated rings. The van der Waals surface area contributed by atoms with Crippen molar-refractivity contribution in [3.8, 4) is 0 Å². The number of rotatable bonds is 4. The number of carbonyl (C=O) groups is 1. The summed E-state index contributed by atoms with van der Waals surface area (Å²) in [7, 11) is 0. The Morgan fingerprint density at radius 2 is 1.92 bits per heavy atom. The van der Waals surface area contributed by atoms with Crippen molar-refractivity contribution in [1.82, 2.24) is 0 Å². The molecule has 0 saturated carbocycles. The van der Waals surface area contributed by atoms with E-state index in [4.69, 9.17) is 14.6 Å². The fourth-order valence-electron chi connectivity index (χ4n) is 1.73. The summed E-state index contributed by atoms with van der Waals surface area (Å²) in [6, 6.07) is 0. The van der Waals surface area contributed by atoms with Crippen LogP contribution in [0.5, 0.6) is 0 Å². The Balaban J connectivity index is 1.87. The molecule has 0 spiro atoms. The van der Waals surface area contributed by atoms with Crippen molar-refractivity contribution in [2.75, 3.05) is 0 Å². The lowest BCUT2D eigenvalue weighted by Crippen LogP contribution is -2.23. The molecule has 4 heteroatoms. The van der Waals surface area contributed by atoms with Gasteiger partial charge in [-0.05, 0) is 20.3 Å². The molecule has 2 aliphatic rings. The van der Waals surface area contributed by atoms with E-state index in [2.05, 4.69) is 0 Å². The molecule has 0 aromatic heterocycles. The van der Waals surface area contributed by atoms with Gasteiger partial charge in [-0.1, -0.05) is 0 Å². The third-order valence-electron chi connectivity index (χ3n) is 2.79. The van der Waals surface area contributed by atoms with E-state index in [9.17, 15) is 4.79 Å². The summed E-state index contributed by atoms with van der Waals surface area (Å²) in [5.41, 5.74) is 0. The quantitative estimate of drug-likeness (QED) is 0.655.